The van der Waals surface area contributed by atoms with E-state index in [0.717, 1.165) is 16.7 Å². The summed E-state index contributed by atoms with van der Waals surface area (Å²) >= 11 is 0. The number of amides is 4. The predicted molar refractivity (Wildman–Crippen MR) is 158 cm³/mol. The van der Waals surface area contributed by atoms with Crippen LogP contribution in [0.5, 0.6) is 5.75 Å². The highest BCUT2D eigenvalue weighted by atomic mass is 16.5. The minimum atomic E-state index is -1.58. The van der Waals surface area contributed by atoms with Gasteiger partial charge in [-0.2, -0.15) is 0 Å². The molecule has 0 bridgehead atoms. The van der Waals surface area contributed by atoms with E-state index >= 15 is 0 Å². The number of aliphatic hydroxyl groups excluding tert-OH is 1. The molecule has 4 amide bonds. The van der Waals surface area contributed by atoms with Crippen LogP contribution in [0.4, 0.5) is 0 Å². The molecule has 4 atom stereocenters. The van der Waals surface area contributed by atoms with E-state index in [0.29, 0.717) is 5.75 Å². The van der Waals surface area contributed by atoms with Crippen molar-refractivity contribution in [2.45, 2.75) is 57.5 Å². The number of rotatable bonds is 14. The minimum Gasteiger partial charge on any atom is -0.497 e. The Labute approximate surface area is 245 Å². The molecule has 0 aliphatic carbocycles. The van der Waals surface area contributed by atoms with Crippen LogP contribution < -0.4 is 26.0 Å². The zero-order valence-corrected chi connectivity index (χ0v) is 24.0. The van der Waals surface area contributed by atoms with Gasteiger partial charge in [-0.3, -0.25) is 19.2 Å². The normalized spacial score (nSPS) is 13.5. The Morgan fingerprint density at radius 2 is 1.29 bits per heavy atom. The smallest absolute Gasteiger partial charge is 0.251 e. The van der Waals surface area contributed by atoms with Crippen molar-refractivity contribution in [3.63, 3.8) is 0 Å². The van der Waals surface area contributed by atoms with Crippen molar-refractivity contribution in [2.75, 3.05) is 7.11 Å². The summed E-state index contributed by atoms with van der Waals surface area (Å²) in [6, 6.07) is 22.5. The summed E-state index contributed by atoms with van der Waals surface area (Å²) < 4.78 is 5.21. The maximum absolute atomic E-state index is 13.7. The van der Waals surface area contributed by atoms with Gasteiger partial charge >= 0.3 is 0 Å². The lowest BCUT2D eigenvalue weighted by molar-refractivity contribution is -0.134. The first kappa shape index (κ1) is 31.8. The second kappa shape index (κ2) is 15.9. The van der Waals surface area contributed by atoms with E-state index in [1.54, 1.807) is 31.4 Å². The molecule has 0 saturated carbocycles. The number of aliphatic hydroxyl groups is 1. The summed E-state index contributed by atoms with van der Waals surface area (Å²) in [6.45, 7) is 3.02. The zero-order chi connectivity index (χ0) is 30.5. The van der Waals surface area contributed by atoms with Gasteiger partial charge in [0.1, 0.15) is 17.8 Å². The third-order valence-corrected chi connectivity index (χ3v) is 6.63. The topological polar surface area (TPSA) is 146 Å². The summed E-state index contributed by atoms with van der Waals surface area (Å²) in [4.78, 5) is 51.0. The Morgan fingerprint density at radius 3 is 1.86 bits per heavy atom. The van der Waals surface area contributed by atoms with E-state index in [1.165, 1.54) is 13.8 Å². The molecule has 5 N–H and O–H groups in total. The minimum absolute atomic E-state index is 0.114. The van der Waals surface area contributed by atoms with Crippen molar-refractivity contribution < 1.29 is 29.0 Å². The molecule has 42 heavy (non-hydrogen) atoms. The molecule has 0 heterocycles. The number of hydrogen-bond donors (Lipinski definition) is 5. The fraction of sp³-hybridized carbons (Fsp3) is 0.312. The van der Waals surface area contributed by atoms with Gasteiger partial charge in [-0.15, -0.1) is 0 Å². The predicted octanol–water partition coefficient (Wildman–Crippen LogP) is 1.65. The third kappa shape index (κ3) is 10.0. The molecule has 0 aromatic heterocycles. The van der Waals surface area contributed by atoms with Gasteiger partial charge in [-0.05, 0) is 42.2 Å². The second-order valence-electron chi connectivity index (χ2n) is 9.99. The van der Waals surface area contributed by atoms with E-state index < -0.39 is 42.0 Å². The number of carbonyl (C=O) groups is 4. The molecule has 0 spiro atoms. The quantitative estimate of drug-likeness (QED) is 0.198. The Bertz CT molecular complexity index is 1320. The molecule has 10 nitrogen and oxygen atoms in total. The lowest BCUT2D eigenvalue weighted by Gasteiger charge is -2.27. The van der Waals surface area contributed by atoms with Gasteiger partial charge in [0, 0.05) is 19.9 Å². The van der Waals surface area contributed by atoms with Crippen LogP contribution in [0.2, 0.25) is 0 Å². The van der Waals surface area contributed by atoms with Crippen LogP contribution in [0.25, 0.3) is 0 Å². The van der Waals surface area contributed by atoms with Crippen molar-refractivity contribution in [1.82, 2.24) is 21.3 Å². The highest BCUT2D eigenvalue weighted by Crippen LogP contribution is 2.14. The van der Waals surface area contributed by atoms with Crippen LogP contribution in [0.15, 0.2) is 84.9 Å². The first-order valence-corrected chi connectivity index (χ1v) is 13.7. The average molecular weight is 575 g/mol. The molecular formula is C32H38N4O6. The van der Waals surface area contributed by atoms with E-state index in [9.17, 15) is 24.3 Å². The van der Waals surface area contributed by atoms with Crippen molar-refractivity contribution in [2.24, 2.45) is 0 Å². The maximum Gasteiger partial charge on any atom is 0.251 e. The van der Waals surface area contributed by atoms with Crippen molar-refractivity contribution in [3.05, 3.63) is 102 Å². The van der Waals surface area contributed by atoms with E-state index in [1.807, 2.05) is 60.7 Å². The Balaban J connectivity index is 1.81. The first-order valence-electron chi connectivity index (χ1n) is 13.7. The van der Waals surface area contributed by atoms with Gasteiger partial charge in [0.05, 0.1) is 13.2 Å². The van der Waals surface area contributed by atoms with E-state index in [4.69, 9.17) is 4.74 Å². The van der Waals surface area contributed by atoms with Crippen LogP contribution >= 0.6 is 0 Å². The number of hydrogen-bond acceptors (Lipinski definition) is 6. The highest BCUT2D eigenvalue weighted by Gasteiger charge is 2.31. The largest absolute Gasteiger partial charge is 0.497 e. The maximum atomic E-state index is 13.7. The van der Waals surface area contributed by atoms with Gasteiger partial charge in [0.2, 0.25) is 17.7 Å². The lowest BCUT2D eigenvalue weighted by atomic mass is 9.98. The summed E-state index contributed by atoms with van der Waals surface area (Å²) in [7, 11) is 1.54. The molecule has 0 saturated heterocycles. The Morgan fingerprint density at radius 1 is 0.714 bits per heavy atom. The standard InChI is InChI=1S/C32H38N4O6/c1-21(34-22(2)37)30(39)36-28(19-24-14-16-26(42-3)17-15-24)31(40)35-27(18-23-10-6-4-7-11-23)29(38)32(41)33-20-25-12-8-5-9-13-25/h4-17,21,27-29,38H,18-20H2,1-3H3,(H,33,41)(H,34,37)(H,35,40)(H,36,39). The molecule has 0 aliphatic heterocycles. The number of ether oxygens (including phenoxy) is 1. The molecular weight excluding hydrogens is 536 g/mol. The van der Waals surface area contributed by atoms with Crippen LogP contribution in [0.3, 0.4) is 0 Å². The van der Waals surface area contributed by atoms with Gasteiger partial charge in [0.15, 0.2) is 6.10 Å². The highest BCUT2D eigenvalue weighted by molar-refractivity contribution is 5.92. The average Bonchev–Trinajstić information content (AvgIpc) is 2.99. The summed E-state index contributed by atoms with van der Waals surface area (Å²) in [5, 5.41) is 21.8. The molecule has 0 fully saturated rings. The lowest BCUT2D eigenvalue weighted by Crippen LogP contribution is -2.58. The summed E-state index contributed by atoms with van der Waals surface area (Å²) in [5.74, 6) is -1.54. The second-order valence-corrected chi connectivity index (χ2v) is 9.99. The van der Waals surface area contributed by atoms with Crippen molar-refractivity contribution >= 4 is 23.6 Å². The molecule has 10 heteroatoms. The fourth-order valence-corrected chi connectivity index (χ4v) is 4.34. The van der Waals surface area contributed by atoms with E-state index in [-0.39, 0.29) is 25.3 Å². The number of benzene rings is 3. The monoisotopic (exact) mass is 574 g/mol. The zero-order valence-electron chi connectivity index (χ0n) is 24.0. The molecule has 222 valence electrons. The Kier molecular flexibility index (Phi) is 12.1. The third-order valence-electron chi connectivity index (χ3n) is 6.63. The summed E-state index contributed by atoms with van der Waals surface area (Å²) in [5.41, 5.74) is 2.40. The number of methoxy groups -OCH3 is 1. The number of carbonyl (C=O) groups excluding carboxylic acids is 4. The molecule has 0 radical (unpaired) electrons. The molecule has 3 aromatic carbocycles. The van der Waals surface area contributed by atoms with Crippen LogP contribution in [-0.4, -0.2) is 60.1 Å². The first-order chi connectivity index (χ1) is 20.2. The SMILES string of the molecule is COc1ccc(CC(NC(=O)C(C)NC(C)=O)C(=O)NC(Cc2ccccc2)C(O)C(=O)NCc2ccccc2)cc1. The van der Waals surface area contributed by atoms with E-state index in [2.05, 4.69) is 21.3 Å². The van der Waals surface area contributed by atoms with Gasteiger partial charge < -0.3 is 31.1 Å². The molecule has 4 unspecified atom stereocenters. The molecule has 3 aromatic rings. The fourth-order valence-electron chi connectivity index (χ4n) is 4.34. The van der Waals surface area contributed by atoms with Gasteiger partial charge in [-0.25, -0.2) is 0 Å². The summed E-state index contributed by atoms with van der Waals surface area (Å²) in [6.07, 6.45) is -1.30. The molecule has 0 aliphatic rings. The van der Waals surface area contributed by atoms with Crippen LogP contribution in [0, 0.1) is 0 Å². The van der Waals surface area contributed by atoms with Crippen LogP contribution in [-0.2, 0) is 38.6 Å². The van der Waals surface area contributed by atoms with Crippen LogP contribution in [0.1, 0.15) is 30.5 Å². The van der Waals surface area contributed by atoms with Gasteiger partial charge in [0.25, 0.3) is 5.91 Å². The van der Waals surface area contributed by atoms with Crippen molar-refractivity contribution in [3.8, 4) is 5.75 Å². The Hall–Kier alpha value is -4.70. The molecule has 3 rings (SSSR count). The van der Waals surface area contributed by atoms with Crippen molar-refractivity contribution in [1.29, 1.82) is 0 Å². The van der Waals surface area contributed by atoms with Gasteiger partial charge in [-0.1, -0.05) is 72.8 Å². The number of nitrogens with one attached hydrogen (secondary N) is 4.